The summed E-state index contributed by atoms with van der Waals surface area (Å²) in [5.74, 6) is 1.02. The van der Waals surface area contributed by atoms with Crippen LogP contribution in [0.5, 0.6) is 0 Å². The standard InChI is InChI=1S/C11H18N2O/c1-10-11(5-8-14-10)9-12-13-6-3-2-4-7-13/h5,8,12H,2-4,6-7,9H2,1H3. The lowest BCUT2D eigenvalue weighted by atomic mass is 10.2. The van der Waals surface area contributed by atoms with E-state index in [0.29, 0.717) is 0 Å². The molecule has 0 atom stereocenters. The van der Waals surface area contributed by atoms with Crippen LogP contribution in [0.25, 0.3) is 0 Å². The third-order valence-electron chi connectivity index (χ3n) is 2.82. The average Bonchev–Trinajstić information content (AvgIpc) is 2.63. The van der Waals surface area contributed by atoms with Crippen molar-refractivity contribution in [2.75, 3.05) is 13.1 Å². The van der Waals surface area contributed by atoms with Crippen molar-refractivity contribution >= 4 is 0 Å². The SMILES string of the molecule is Cc1occc1CNN1CCCCC1. The van der Waals surface area contributed by atoms with Gasteiger partial charge < -0.3 is 4.42 Å². The summed E-state index contributed by atoms with van der Waals surface area (Å²) >= 11 is 0. The van der Waals surface area contributed by atoms with Gasteiger partial charge in [0.25, 0.3) is 0 Å². The van der Waals surface area contributed by atoms with Crippen molar-refractivity contribution in [1.82, 2.24) is 10.4 Å². The van der Waals surface area contributed by atoms with Gasteiger partial charge in [0.1, 0.15) is 5.76 Å². The molecule has 3 nitrogen and oxygen atoms in total. The first-order chi connectivity index (χ1) is 6.86. The van der Waals surface area contributed by atoms with E-state index >= 15 is 0 Å². The maximum absolute atomic E-state index is 5.25. The van der Waals surface area contributed by atoms with Gasteiger partial charge in [0.05, 0.1) is 6.26 Å². The molecule has 1 aliphatic heterocycles. The molecule has 78 valence electrons. The highest BCUT2D eigenvalue weighted by molar-refractivity contribution is 5.14. The summed E-state index contributed by atoms with van der Waals surface area (Å²) < 4.78 is 5.25. The molecule has 3 heteroatoms. The van der Waals surface area contributed by atoms with E-state index in [1.54, 1.807) is 6.26 Å². The number of nitrogens with one attached hydrogen (secondary N) is 1. The number of furan rings is 1. The molecule has 0 saturated carbocycles. The Morgan fingerprint density at radius 2 is 2.14 bits per heavy atom. The average molecular weight is 194 g/mol. The molecule has 1 aromatic rings. The van der Waals surface area contributed by atoms with Crippen molar-refractivity contribution in [2.24, 2.45) is 0 Å². The summed E-state index contributed by atoms with van der Waals surface area (Å²) in [4.78, 5) is 0. The number of hydrogen-bond donors (Lipinski definition) is 1. The smallest absolute Gasteiger partial charge is 0.105 e. The summed E-state index contributed by atoms with van der Waals surface area (Å²) in [6, 6.07) is 2.03. The van der Waals surface area contributed by atoms with Crippen LogP contribution in [0.3, 0.4) is 0 Å². The van der Waals surface area contributed by atoms with E-state index in [2.05, 4.69) is 10.4 Å². The van der Waals surface area contributed by atoms with Gasteiger partial charge in [-0.3, -0.25) is 5.43 Å². The van der Waals surface area contributed by atoms with Crippen molar-refractivity contribution in [2.45, 2.75) is 32.7 Å². The Morgan fingerprint density at radius 3 is 2.79 bits per heavy atom. The van der Waals surface area contributed by atoms with Gasteiger partial charge in [0, 0.05) is 25.2 Å². The molecule has 14 heavy (non-hydrogen) atoms. The molecule has 0 amide bonds. The Bertz CT molecular complexity index is 277. The van der Waals surface area contributed by atoms with Gasteiger partial charge in [-0.1, -0.05) is 6.42 Å². The van der Waals surface area contributed by atoms with E-state index in [4.69, 9.17) is 4.42 Å². The predicted molar refractivity (Wildman–Crippen MR) is 55.7 cm³/mol. The number of nitrogens with zero attached hydrogens (tertiary/aromatic N) is 1. The molecule has 1 fully saturated rings. The second-order valence-corrected chi connectivity index (χ2v) is 3.88. The molecule has 1 saturated heterocycles. The summed E-state index contributed by atoms with van der Waals surface area (Å²) in [5.41, 5.74) is 4.70. The zero-order valence-electron chi connectivity index (χ0n) is 8.75. The minimum atomic E-state index is 0.891. The Kier molecular flexibility index (Phi) is 3.22. The molecule has 2 rings (SSSR count). The van der Waals surface area contributed by atoms with Crippen LogP contribution < -0.4 is 5.43 Å². The normalized spacial score (nSPS) is 18.6. The Morgan fingerprint density at radius 1 is 1.36 bits per heavy atom. The van der Waals surface area contributed by atoms with E-state index in [-0.39, 0.29) is 0 Å². The zero-order chi connectivity index (χ0) is 9.80. The number of piperidine rings is 1. The molecule has 1 aromatic heterocycles. The van der Waals surface area contributed by atoms with Crippen molar-refractivity contribution in [1.29, 1.82) is 0 Å². The molecule has 2 heterocycles. The first kappa shape index (κ1) is 9.74. The second kappa shape index (κ2) is 4.62. The minimum absolute atomic E-state index is 0.891. The largest absolute Gasteiger partial charge is 0.469 e. The Balaban J connectivity index is 1.79. The summed E-state index contributed by atoms with van der Waals surface area (Å²) in [5, 5.41) is 2.32. The van der Waals surface area contributed by atoms with Crippen LogP contribution in [0, 0.1) is 6.92 Å². The summed E-state index contributed by atoms with van der Waals surface area (Å²) in [6.45, 7) is 5.25. The zero-order valence-corrected chi connectivity index (χ0v) is 8.75. The van der Waals surface area contributed by atoms with Crippen LogP contribution in [0.15, 0.2) is 16.7 Å². The van der Waals surface area contributed by atoms with Gasteiger partial charge in [0.15, 0.2) is 0 Å². The highest BCUT2D eigenvalue weighted by Gasteiger charge is 2.09. The first-order valence-electron chi connectivity index (χ1n) is 5.38. The lowest BCUT2D eigenvalue weighted by molar-refractivity contribution is 0.151. The van der Waals surface area contributed by atoms with Crippen LogP contribution in [-0.4, -0.2) is 18.1 Å². The molecular formula is C11H18N2O. The fraction of sp³-hybridized carbons (Fsp3) is 0.636. The third-order valence-corrected chi connectivity index (χ3v) is 2.82. The van der Waals surface area contributed by atoms with Crippen LogP contribution in [-0.2, 0) is 6.54 Å². The Hall–Kier alpha value is -0.800. The van der Waals surface area contributed by atoms with Gasteiger partial charge in [0.2, 0.25) is 0 Å². The molecular weight excluding hydrogens is 176 g/mol. The lowest BCUT2D eigenvalue weighted by Gasteiger charge is -2.26. The molecule has 1 N–H and O–H groups in total. The fourth-order valence-electron chi connectivity index (χ4n) is 1.84. The van der Waals surface area contributed by atoms with Gasteiger partial charge >= 0.3 is 0 Å². The van der Waals surface area contributed by atoms with E-state index in [0.717, 1.165) is 12.3 Å². The molecule has 0 spiro atoms. The van der Waals surface area contributed by atoms with Crippen LogP contribution in [0.4, 0.5) is 0 Å². The van der Waals surface area contributed by atoms with E-state index in [9.17, 15) is 0 Å². The fourth-order valence-corrected chi connectivity index (χ4v) is 1.84. The maximum atomic E-state index is 5.25. The van der Waals surface area contributed by atoms with Crippen molar-refractivity contribution in [3.05, 3.63) is 23.7 Å². The highest BCUT2D eigenvalue weighted by Crippen LogP contribution is 2.10. The summed E-state index contributed by atoms with van der Waals surface area (Å²) in [7, 11) is 0. The van der Waals surface area contributed by atoms with E-state index in [1.165, 1.54) is 37.9 Å². The van der Waals surface area contributed by atoms with Crippen molar-refractivity contribution < 1.29 is 4.42 Å². The monoisotopic (exact) mass is 194 g/mol. The van der Waals surface area contributed by atoms with E-state index in [1.807, 2.05) is 13.0 Å². The van der Waals surface area contributed by atoms with Gasteiger partial charge in [-0.15, -0.1) is 0 Å². The lowest BCUT2D eigenvalue weighted by Crippen LogP contribution is -2.41. The molecule has 0 radical (unpaired) electrons. The predicted octanol–water partition coefficient (Wildman–Crippen LogP) is 2.08. The number of rotatable bonds is 3. The summed E-state index contributed by atoms with van der Waals surface area (Å²) in [6.07, 6.45) is 5.76. The Labute approximate surface area is 85.1 Å². The van der Waals surface area contributed by atoms with Gasteiger partial charge in [-0.2, -0.15) is 0 Å². The van der Waals surface area contributed by atoms with Crippen molar-refractivity contribution in [3.8, 4) is 0 Å². The number of aryl methyl sites for hydroxylation is 1. The molecule has 0 unspecified atom stereocenters. The number of hydrazine groups is 1. The van der Waals surface area contributed by atoms with E-state index < -0.39 is 0 Å². The minimum Gasteiger partial charge on any atom is -0.469 e. The molecule has 0 aromatic carbocycles. The number of hydrogen-bond acceptors (Lipinski definition) is 3. The maximum Gasteiger partial charge on any atom is 0.105 e. The van der Waals surface area contributed by atoms with Crippen LogP contribution in [0.2, 0.25) is 0 Å². The molecule has 1 aliphatic rings. The van der Waals surface area contributed by atoms with Gasteiger partial charge in [-0.05, 0) is 25.8 Å². The highest BCUT2D eigenvalue weighted by atomic mass is 16.3. The molecule has 0 bridgehead atoms. The quantitative estimate of drug-likeness (QED) is 0.798. The van der Waals surface area contributed by atoms with Gasteiger partial charge in [-0.25, -0.2) is 5.01 Å². The van der Waals surface area contributed by atoms with Crippen molar-refractivity contribution in [3.63, 3.8) is 0 Å². The van der Waals surface area contributed by atoms with Crippen LogP contribution >= 0.6 is 0 Å². The third kappa shape index (κ3) is 2.36. The topological polar surface area (TPSA) is 28.4 Å². The second-order valence-electron chi connectivity index (χ2n) is 3.88. The molecule has 0 aliphatic carbocycles. The first-order valence-corrected chi connectivity index (χ1v) is 5.38. The van der Waals surface area contributed by atoms with Crippen LogP contribution in [0.1, 0.15) is 30.6 Å².